The summed E-state index contributed by atoms with van der Waals surface area (Å²) < 4.78 is 0. The van der Waals surface area contributed by atoms with Crippen molar-refractivity contribution in [1.82, 2.24) is 4.98 Å². The minimum atomic E-state index is -0.937. The van der Waals surface area contributed by atoms with Crippen LogP contribution in [-0.2, 0) is 22.4 Å². The number of carboxylic acids is 2. The largest absolute Gasteiger partial charge is 0.481 e. The van der Waals surface area contributed by atoms with Gasteiger partial charge >= 0.3 is 11.9 Å². The van der Waals surface area contributed by atoms with Crippen molar-refractivity contribution in [3.05, 3.63) is 17.3 Å². The Morgan fingerprint density at radius 2 is 2.06 bits per heavy atom. The van der Waals surface area contributed by atoms with E-state index < -0.39 is 11.9 Å². The summed E-state index contributed by atoms with van der Waals surface area (Å²) in [5.74, 6) is -1.20. The molecule has 0 aromatic carbocycles. The van der Waals surface area contributed by atoms with Crippen molar-refractivity contribution < 1.29 is 19.8 Å². The van der Waals surface area contributed by atoms with Crippen LogP contribution in [0, 0.1) is 0 Å². The molecule has 0 spiro atoms. The minimum absolute atomic E-state index is 0.00632. The van der Waals surface area contributed by atoms with Gasteiger partial charge in [0.25, 0.3) is 0 Å². The van der Waals surface area contributed by atoms with Crippen molar-refractivity contribution in [2.75, 3.05) is 12.4 Å². The lowest BCUT2D eigenvalue weighted by Crippen LogP contribution is -2.06. The fourth-order valence-electron chi connectivity index (χ4n) is 1.53. The fraction of sp³-hybridized carbons (Fsp3) is 0.400. The normalized spacial score (nSPS) is 10.1. The first-order valence-corrected chi connectivity index (χ1v) is 4.85. The van der Waals surface area contributed by atoms with E-state index in [2.05, 4.69) is 10.3 Å². The van der Waals surface area contributed by atoms with Crippen LogP contribution in [0.25, 0.3) is 0 Å². The van der Waals surface area contributed by atoms with Gasteiger partial charge in [-0.15, -0.1) is 0 Å². The smallest absolute Gasteiger partial charge is 0.307 e. The van der Waals surface area contributed by atoms with Gasteiger partial charge in [0.2, 0.25) is 0 Å². The third kappa shape index (κ3) is 3.01. The van der Waals surface area contributed by atoms with Crippen LogP contribution in [0.3, 0.4) is 0 Å². The summed E-state index contributed by atoms with van der Waals surface area (Å²) in [6.45, 7) is 0. The van der Waals surface area contributed by atoms with Gasteiger partial charge in [-0.25, -0.2) is 0 Å². The topological polar surface area (TPSA) is 102 Å². The number of H-pyrrole nitrogens is 1. The van der Waals surface area contributed by atoms with E-state index in [1.54, 1.807) is 13.2 Å². The number of rotatable bonds is 6. The van der Waals surface area contributed by atoms with E-state index in [1.165, 1.54) is 0 Å². The monoisotopic (exact) mass is 226 g/mol. The molecule has 0 radical (unpaired) electrons. The lowest BCUT2D eigenvalue weighted by atomic mass is 10.1. The van der Waals surface area contributed by atoms with E-state index in [9.17, 15) is 9.59 Å². The lowest BCUT2D eigenvalue weighted by Gasteiger charge is -2.03. The molecule has 0 amide bonds. The molecule has 0 saturated heterocycles. The van der Waals surface area contributed by atoms with E-state index >= 15 is 0 Å². The zero-order chi connectivity index (χ0) is 12.1. The minimum Gasteiger partial charge on any atom is -0.481 e. The zero-order valence-corrected chi connectivity index (χ0v) is 8.91. The summed E-state index contributed by atoms with van der Waals surface area (Å²) in [4.78, 5) is 24.0. The average Bonchev–Trinajstić information content (AvgIpc) is 2.56. The molecule has 0 fully saturated rings. The van der Waals surface area contributed by atoms with Crippen LogP contribution in [0.5, 0.6) is 0 Å². The SMILES string of the molecule is CNc1[nH]cc(CCC(=O)O)c1CC(=O)O. The van der Waals surface area contributed by atoms with E-state index in [1.807, 2.05) is 0 Å². The number of hydrogen-bond acceptors (Lipinski definition) is 3. The lowest BCUT2D eigenvalue weighted by molar-refractivity contribution is -0.137. The third-order valence-electron chi connectivity index (χ3n) is 2.27. The van der Waals surface area contributed by atoms with Gasteiger partial charge in [0.1, 0.15) is 5.82 Å². The van der Waals surface area contributed by atoms with Crippen molar-refractivity contribution >= 4 is 17.8 Å². The van der Waals surface area contributed by atoms with Gasteiger partial charge in [0.15, 0.2) is 0 Å². The predicted octanol–water partition coefficient (Wildman–Crippen LogP) is 0.701. The second-order valence-electron chi connectivity index (χ2n) is 3.38. The van der Waals surface area contributed by atoms with Gasteiger partial charge in [0.05, 0.1) is 6.42 Å². The van der Waals surface area contributed by atoms with Crippen molar-refractivity contribution in [3.8, 4) is 0 Å². The first-order valence-electron chi connectivity index (χ1n) is 4.85. The molecule has 0 atom stereocenters. The van der Waals surface area contributed by atoms with Crippen molar-refractivity contribution in [2.45, 2.75) is 19.3 Å². The molecule has 1 heterocycles. The highest BCUT2D eigenvalue weighted by molar-refractivity contribution is 5.74. The molecule has 0 saturated carbocycles. The molecular formula is C10H14N2O4. The highest BCUT2D eigenvalue weighted by Crippen LogP contribution is 2.20. The van der Waals surface area contributed by atoms with Crippen molar-refractivity contribution in [2.24, 2.45) is 0 Å². The van der Waals surface area contributed by atoms with E-state index in [0.717, 1.165) is 5.56 Å². The van der Waals surface area contributed by atoms with Crippen LogP contribution >= 0.6 is 0 Å². The Kier molecular flexibility index (Phi) is 3.93. The molecule has 88 valence electrons. The molecule has 6 nitrogen and oxygen atoms in total. The van der Waals surface area contributed by atoms with E-state index in [-0.39, 0.29) is 12.8 Å². The molecule has 1 aromatic heterocycles. The number of carboxylic acid groups (broad SMARTS) is 2. The maximum Gasteiger partial charge on any atom is 0.307 e. The van der Waals surface area contributed by atoms with Crippen LogP contribution in [0.2, 0.25) is 0 Å². The maximum absolute atomic E-state index is 10.7. The Bertz CT molecular complexity index is 398. The highest BCUT2D eigenvalue weighted by atomic mass is 16.4. The Labute approximate surface area is 92.3 Å². The number of aromatic nitrogens is 1. The van der Waals surface area contributed by atoms with Crippen LogP contribution in [0.15, 0.2) is 6.20 Å². The summed E-state index contributed by atoms with van der Waals surface area (Å²) >= 11 is 0. The number of aromatic amines is 1. The molecule has 0 unspecified atom stereocenters. The summed E-state index contributed by atoms with van der Waals surface area (Å²) in [6.07, 6.45) is 1.85. The summed E-state index contributed by atoms with van der Waals surface area (Å²) in [6, 6.07) is 0. The Hall–Kier alpha value is -1.98. The molecule has 0 bridgehead atoms. The highest BCUT2D eigenvalue weighted by Gasteiger charge is 2.14. The number of nitrogens with one attached hydrogen (secondary N) is 2. The van der Waals surface area contributed by atoms with Crippen LogP contribution in [0.1, 0.15) is 17.5 Å². The van der Waals surface area contributed by atoms with E-state index in [4.69, 9.17) is 10.2 Å². The average molecular weight is 226 g/mol. The quantitative estimate of drug-likeness (QED) is 0.571. The summed E-state index contributed by atoms with van der Waals surface area (Å²) in [5.41, 5.74) is 1.35. The molecule has 0 aliphatic carbocycles. The van der Waals surface area contributed by atoms with Gasteiger partial charge in [-0.2, -0.15) is 0 Å². The molecule has 0 aliphatic heterocycles. The first kappa shape index (κ1) is 12.1. The standard InChI is InChI=1S/C10H14N2O4/c1-11-10-7(4-9(15)16)6(5-12-10)2-3-8(13)14/h5,11-12H,2-4H2,1H3,(H,13,14)(H,15,16). The predicted molar refractivity (Wildman–Crippen MR) is 57.6 cm³/mol. The van der Waals surface area contributed by atoms with Gasteiger partial charge in [-0.05, 0) is 12.0 Å². The second-order valence-corrected chi connectivity index (χ2v) is 3.38. The summed E-state index contributed by atoms with van der Waals surface area (Å²) in [5, 5.41) is 20.2. The Morgan fingerprint density at radius 3 is 2.56 bits per heavy atom. The van der Waals surface area contributed by atoms with Crippen molar-refractivity contribution in [1.29, 1.82) is 0 Å². The second kappa shape index (κ2) is 5.20. The van der Waals surface area contributed by atoms with Gasteiger partial charge in [0, 0.05) is 25.2 Å². The zero-order valence-electron chi connectivity index (χ0n) is 8.91. The molecule has 0 aliphatic rings. The number of carbonyl (C=O) groups is 2. The van der Waals surface area contributed by atoms with Gasteiger partial charge in [-0.3, -0.25) is 9.59 Å². The number of anilines is 1. The van der Waals surface area contributed by atoms with Crippen LogP contribution in [-0.4, -0.2) is 34.2 Å². The van der Waals surface area contributed by atoms with Crippen molar-refractivity contribution in [3.63, 3.8) is 0 Å². The van der Waals surface area contributed by atoms with Gasteiger partial charge in [-0.1, -0.05) is 0 Å². The summed E-state index contributed by atoms with van der Waals surface area (Å²) in [7, 11) is 1.68. The number of hydrogen-bond donors (Lipinski definition) is 4. The Balaban J connectivity index is 2.86. The van der Waals surface area contributed by atoms with Gasteiger partial charge < -0.3 is 20.5 Å². The third-order valence-corrected chi connectivity index (χ3v) is 2.27. The maximum atomic E-state index is 10.7. The van der Waals surface area contributed by atoms with Crippen LogP contribution < -0.4 is 5.32 Å². The number of aliphatic carboxylic acids is 2. The molecule has 1 rings (SSSR count). The first-order chi connectivity index (χ1) is 7.54. The molecule has 4 N–H and O–H groups in total. The molecular weight excluding hydrogens is 212 g/mol. The fourth-order valence-corrected chi connectivity index (χ4v) is 1.53. The number of aryl methyl sites for hydroxylation is 1. The molecule has 6 heteroatoms. The van der Waals surface area contributed by atoms with E-state index in [0.29, 0.717) is 17.8 Å². The van der Waals surface area contributed by atoms with Crippen LogP contribution in [0.4, 0.5) is 5.82 Å². The Morgan fingerprint density at radius 1 is 1.38 bits per heavy atom. The molecule has 1 aromatic rings. The molecule has 16 heavy (non-hydrogen) atoms.